The zero-order valence-corrected chi connectivity index (χ0v) is 13.9. The Morgan fingerprint density at radius 2 is 2.09 bits per heavy atom. The topological polar surface area (TPSA) is 74.1 Å². The highest BCUT2D eigenvalue weighted by atomic mass is 35.5. The zero-order valence-electron chi connectivity index (χ0n) is 13.1. The van der Waals surface area contributed by atoms with Crippen molar-refractivity contribution in [2.45, 2.75) is 40.0 Å². The molecule has 0 saturated heterocycles. The summed E-state index contributed by atoms with van der Waals surface area (Å²) in [5.74, 6) is 1.87. The molecule has 1 heterocycles. The van der Waals surface area contributed by atoms with Crippen LogP contribution in [0, 0.1) is 0 Å². The van der Waals surface area contributed by atoms with E-state index in [2.05, 4.69) is 20.8 Å². The van der Waals surface area contributed by atoms with Crippen molar-refractivity contribution < 1.29 is 9.47 Å². The minimum atomic E-state index is 0.0446. The van der Waals surface area contributed by atoms with Gasteiger partial charge in [0.2, 0.25) is 5.95 Å². The maximum atomic E-state index is 6.32. The second-order valence-corrected chi connectivity index (χ2v) is 5.34. The number of tetrazole rings is 1. The molecule has 8 heteroatoms. The Kier molecular flexibility index (Phi) is 5.43. The lowest BCUT2D eigenvalue weighted by Gasteiger charge is -2.16. The fourth-order valence-corrected chi connectivity index (χ4v) is 2.16. The number of hydrogen-bond acceptors (Lipinski definition) is 6. The van der Waals surface area contributed by atoms with E-state index in [1.54, 1.807) is 17.9 Å². The molecule has 0 spiro atoms. The average Bonchev–Trinajstić information content (AvgIpc) is 2.93. The third kappa shape index (κ3) is 3.79. The summed E-state index contributed by atoms with van der Waals surface area (Å²) in [7, 11) is 1.60. The molecular formula is C14H20ClN5O2. The molecule has 0 amide bonds. The molecule has 7 nitrogen and oxygen atoms in total. The van der Waals surface area contributed by atoms with E-state index >= 15 is 0 Å². The number of methoxy groups -OCH3 is 1. The van der Waals surface area contributed by atoms with E-state index in [-0.39, 0.29) is 6.10 Å². The Labute approximate surface area is 134 Å². The van der Waals surface area contributed by atoms with Crippen molar-refractivity contribution in [3.05, 3.63) is 22.7 Å². The first-order valence-electron chi connectivity index (χ1n) is 7.08. The van der Waals surface area contributed by atoms with Gasteiger partial charge in [0, 0.05) is 24.2 Å². The molecule has 1 aromatic carbocycles. The predicted octanol–water partition coefficient (Wildman–Crippen LogP) is 2.75. The van der Waals surface area contributed by atoms with Gasteiger partial charge in [0.05, 0.1) is 13.2 Å². The van der Waals surface area contributed by atoms with Crippen LogP contribution in [0.25, 0.3) is 0 Å². The van der Waals surface area contributed by atoms with E-state index in [4.69, 9.17) is 21.1 Å². The normalized spacial score (nSPS) is 10.8. The lowest BCUT2D eigenvalue weighted by Crippen LogP contribution is -2.09. The first kappa shape index (κ1) is 16.4. The average molecular weight is 326 g/mol. The molecular weight excluding hydrogens is 306 g/mol. The number of nitrogens with one attached hydrogen (secondary N) is 1. The molecule has 120 valence electrons. The number of rotatable bonds is 7. The van der Waals surface area contributed by atoms with Gasteiger partial charge in [-0.1, -0.05) is 16.7 Å². The smallest absolute Gasteiger partial charge is 0.243 e. The second-order valence-electron chi connectivity index (χ2n) is 4.93. The zero-order chi connectivity index (χ0) is 16.1. The van der Waals surface area contributed by atoms with Gasteiger partial charge >= 0.3 is 0 Å². The van der Waals surface area contributed by atoms with Crippen LogP contribution in [0.15, 0.2) is 12.1 Å². The summed E-state index contributed by atoms with van der Waals surface area (Å²) in [5, 5.41) is 15.2. The van der Waals surface area contributed by atoms with Gasteiger partial charge in [-0.25, -0.2) is 4.68 Å². The highest BCUT2D eigenvalue weighted by Crippen LogP contribution is 2.34. The van der Waals surface area contributed by atoms with Crippen LogP contribution in [0.5, 0.6) is 11.5 Å². The van der Waals surface area contributed by atoms with E-state index < -0.39 is 0 Å². The van der Waals surface area contributed by atoms with Crippen molar-refractivity contribution in [2.24, 2.45) is 0 Å². The second kappa shape index (κ2) is 7.31. The molecule has 1 N–H and O–H groups in total. The van der Waals surface area contributed by atoms with Crippen LogP contribution in [0.1, 0.15) is 26.3 Å². The molecule has 0 atom stereocenters. The van der Waals surface area contributed by atoms with Gasteiger partial charge < -0.3 is 14.8 Å². The van der Waals surface area contributed by atoms with E-state index in [9.17, 15) is 0 Å². The van der Waals surface area contributed by atoms with Crippen LogP contribution in [-0.4, -0.2) is 33.4 Å². The quantitative estimate of drug-likeness (QED) is 0.843. The van der Waals surface area contributed by atoms with Crippen molar-refractivity contribution in [3.63, 3.8) is 0 Å². The summed E-state index contributed by atoms with van der Waals surface area (Å²) < 4.78 is 12.7. The summed E-state index contributed by atoms with van der Waals surface area (Å²) >= 11 is 6.32. The van der Waals surface area contributed by atoms with Gasteiger partial charge in [-0.2, -0.15) is 0 Å². The van der Waals surface area contributed by atoms with Crippen molar-refractivity contribution in [1.82, 2.24) is 20.2 Å². The van der Waals surface area contributed by atoms with Crippen LogP contribution in [0.4, 0.5) is 5.95 Å². The van der Waals surface area contributed by atoms with Crippen LogP contribution in [-0.2, 0) is 13.1 Å². The minimum absolute atomic E-state index is 0.0446. The molecule has 0 fully saturated rings. The van der Waals surface area contributed by atoms with Gasteiger partial charge in [0.1, 0.15) is 0 Å². The first-order chi connectivity index (χ1) is 10.5. The Morgan fingerprint density at radius 3 is 2.73 bits per heavy atom. The Balaban J connectivity index is 2.17. The number of benzene rings is 1. The van der Waals surface area contributed by atoms with E-state index in [0.717, 1.165) is 5.56 Å². The molecule has 0 aliphatic heterocycles. The van der Waals surface area contributed by atoms with Gasteiger partial charge in [0.15, 0.2) is 11.5 Å². The largest absolute Gasteiger partial charge is 0.493 e. The molecule has 1 aromatic heterocycles. The van der Waals surface area contributed by atoms with Crippen molar-refractivity contribution in [1.29, 1.82) is 0 Å². The highest BCUT2D eigenvalue weighted by Gasteiger charge is 2.13. The van der Waals surface area contributed by atoms with Crippen molar-refractivity contribution in [2.75, 3.05) is 12.4 Å². The van der Waals surface area contributed by atoms with Gasteiger partial charge in [-0.3, -0.25) is 0 Å². The van der Waals surface area contributed by atoms with Crippen molar-refractivity contribution in [3.8, 4) is 11.5 Å². The summed E-state index contributed by atoms with van der Waals surface area (Å²) in [4.78, 5) is 0. The number of aryl methyl sites for hydroxylation is 1. The fraction of sp³-hybridized carbons (Fsp3) is 0.500. The molecule has 0 aliphatic carbocycles. The SMILES string of the molecule is CCn1nnnc1NCc1cc(OC)c(OC(C)C)cc1Cl. The van der Waals surface area contributed by atoms with Crippen LogP contribution in [0.3, 0.4) is 0 Å². The minimum Gasteiger partial charge on any atom is -0.493 e. The van der Waals surface area contributed by atoms with E-state index in [0.29, 0.717) is 35.6 Å². The van der Waals surface area contributed by atoms with E-state index in [1.165, 1.54) is 0 Å². The Bertz CT molecular complexity index is 630. The number of nitrogens with zero attached hydrogens (tertiary/aromatic N) is 4. The molecule has 0 aliphatic rings. The van der Waals surface area contributed by atoms with Crippen LogP contribution >= 0.6 is 11.6 Å². The highest BCUT2D eigenvalue weighted by molar-refractivity contribution is 6.31. The predicted molar refractivity (Wildman–Crippen MR) is 84.6 cm³/mol. The third-order valence-electron chi connectivity index (χ3n) is 2.96. The summed E-state index contributed by atoms with van der Waals surface area (Å²) in [5.41, 5.74) is 0.875. The van der Waals surface area contributed by atoms with Crippen LogP contribution in [0.2, 0.25) is 5.02 Å². The van der Waals surface area contributed by atoms with Crippen molar-refractivity contribution >= 4 is 17.5 Å². The Hall–Kier alpha value is -2.02. The lowest BCUT2D eigenvalue weighted by molar-refractivity contribution is 0.230. The number of halogens is 1. The summed E-state index contributed by atoms with van der Waals surface area (Å²) in [6.45, 7) is 7.04. The lowest BCUT2D eigenvalue weighted by atomic mass is 10.2. The van der Waals surface area contributed by atoms with Gasteiger partial charge in [-0.05, 0) is 42.8 Å². The maximum absolute atomic E-state index is 6.32. The molecule has 0 unspecified atom stereocenters. The van der Waals surface area contributed by atoms with Gasteiger partial charge in [0.25, 0.3) is 0 Å². The molecule has 2 aromatic rings. The summed E-state index contributed by atoms with van der Waals surface area (Å²) in [6.07, 6.45) is 0.0446. The third-order valence-corrected chi connectivity index (χ3v) is 3.32. The monoisotopic (exact) mass is 325 g/mol. The summed E-state index contributed by atoms with van der Waals surface area (Å²) in [6, 6.07) is 3.62. The first-order valence-corrected chi connectivity index (χ1v) is 7.46. The number of aromatic nitrogens is 4. The Morgan fingerprint density at radius 1 is 1.32 bits per heavy atom. The molecule has 0 saturated carbocycles. The van der Waals surface area contributed by atoms with E-state index in [1.807, 2.05) is 26.8 Å². The number of ether oxygens (including phenoxy) is 2. The molecule has 22 heavy (non-hydrogen) atoms. The molecule has 0 radical (unpaired) electrons. The maximum Gasteiger partial charge on any atom is 0.243 e. The molecule has 2 rings (SSSR count). The van der Waals surface area contributed by atoms with Gasteiger partial charge in [-0.15, -0.1) is 0 Å². The number of hydrogen-bond donors (Lipinski definition) is 1. The standard InChI is InChI=1S/C14H20ClN5O2/c1-5-20-14(17-18-19-20)16-8-10-6-12(21-4)13(7-11(10)15)22-9(2)3/h6-7,9H,5,8H2,1-4H3,(H,16,17,19). The molecule has 0 bridgehead atoms. The van der Waals surface area contributed by atoms with Crippen LogP contribution < -0.4 is 14.8 Å². The fourth-order valence-electron chi connectivity index (χ4n) is 1.94. The number of anilines is 1.